The third kappa shape index (κ3) is 5.53. The first-order valence-electron chi connectivity index (χ1n) is 17.3. The van der Waals surface area contributed by atoms with E-state index in [4.69, 9.17) is 9.40 Å². The maximum atomic E-state index is 6.13. The molecule has 4 nitrogen and oxygen atoms in total. The monoisotopic (exact) mass is 804 g/mol. The van der Waals surface area contributed by atoms with E-state index in [1.807, 2.05) is 42.6 Å². The molecule has 3 aliphatic rings. The first-order chi connectivity index (χ1) is 23.3. The van der Waals surface area contributed by atoms with Crippen molar-refractivity contribution in [3.8, 4) is 22.6 Å². The zero-order valence-electron chi connectivity index (χ0n) is 26.9. The second kappa shape index (κ2) is 13.3. The summed E-state index contributed by atoms with van der Waals surface area (Å²) in [6.45, 7) is 0.928. The molecule has 2 saturated carbocycles. The third-order valence-electron chi connectivity index (χ3n) is 10.5. The third-order valence-corrected chi connectivity index (χ3v) is 10.5. The van der Waals surface area contributed by atoms with Gasteiger partial charge in [0.25, 0.3) is 0 Å². The number of hydrogen-bond donors (Lipinski definition) is 0. The Kier molecular flexibility index (Phi) is 8.59. The van der Waals surface area contributed by atoms with E-state index in [0.717, 1.165) is 62.6 Å². The number of fused-ring (bicyclic) bond motifs is 3. The van der Waals surface area contributed by atoms with Crippen LogP contribution in [0.5, 0.6) is 0 Å². The molecule has 1 radical (unpaired) electrons. The van der Waals surface area contributed by atoms with Crippen molar-refractivity contribution < 1.29 is 24.5 Å². The van der Waals surface area contributed by atoms with Crippen molar-refractivity contribution >= 4 is 38.5 Å². The fraction of sp³-hybridized carbons (Fsp3) is 0.256. The second-order valence-corrected chi connectivity index (χ2v) is 13.3. The number of aromatic nitrogens is 3. The fourth-order valence-corrected chi connectivity index (χ4v) is 8.23. The standard InChI is InChI=1S/C22H18NO.C21H19N2.Ir/c1-2-7-15(6-1)16-12-13-23-20(14-16)19-10-5-9-18-17-8-3-4-11-21(17)24-22(18)19;1-2-9-16(10-3-1)21-22-19-12-6-11-18-17(15-7-4-5-8-15)13-14-23(21)20(18)19;/h3-5,8-9,11-15H,1-2,6-7H2;1-3,6,9,11-13,15H,4-5,7-8,14H2;/q2*-1;. The zero-order chi connectivity index (χ0) is 31.2. The van der Waals surface area contributed by atoms with Gasteiger partial charge in [0.05, 0.1) is 22.4 Å². The van der Waals surface area contributed by atoms with Crippen molar-refractivity contribution in [2.75, 3.05) is 0 Å². The van der Waals surface area contributed by atoms with Crippen LogP contribution in [-0.2, 0) is 26.7 Å². The van der Waals surface area contributed by atoms with Crippen LogP contribution in [0.25, 0.3) is 61.2 Å². The summed E-state index contributed by atoms with van der Waals surface area (Å²) in [5.41, 5.74) is 11.6. The summed E-state index contributed by atoms with van der Waals surface area (Å²) in [6, 6.07) is 38.0. The van der Waals surface area contributed by atoms with E-state index in [2.05, 4.69) is 82.4 Å². The molecule has 7 aromatic rings. The maximum absolute atomic E-state index is 6.13. The molecule has 0 amide bonds. The number of furan rings is 1. The summed E-state index contributed by atoms with van der Waals surface area (Å²) in [4.78, 5) is 9.52. The minimum atomic E-state index is 0. The number of nitrogens with zero attached hydrogens (tertiary/aromatic N) is 3. The number of rotatable bonds is 4. The van der Waals surface area contributed by atoms with Gasteiger partial charge in [0, 0.05) is 43.8 Å². The number of imidazole rings is 1. The molecule has 0 atom stereocenters. The summed E-state index contributed by atoms with van der Waals surface area (Å²) in [6.07, 6.45) is 15.1. The molecule has 0 N–H and O–H groups in total. The van der Waals surface area contributed by atoms with Crippen molar-refractivity contribution in [3.05, 3.63) is 127 Å². The Bertz CT molecular complexity index is 2250. The smallest absolute Gasteiger partial charge is 0.120 e. The molecule has 0 spiro atoms. The van der Waals surface area contributed by atoms with Crippen molar-refractivity contribution in [1.82, 2.24) is 14.5 Å². The summed E-state index contributed by atoms with van der Waals surface area (Å²) in [5.74, 6) is 2.47. The van der Waals surface area contributed by atoms with Crippen molar-refractivity contribution in [1.29, 1.82) is 0 Å². The average Bonchev–Trinajstić information content (AvgIpc) is 3.96. The number of hydrogen-bond acceptors (Lipinski definition) is 3. The van der Waals surface area contributed by atoms with Crippen LogP contribution in [0.1, 0.15) is 68.4 Å². The van der Waals surface area contributed by atoms with Crippen molar-refractivity contribution in [2.45, 2.75) is 63.8 Å². The summed E-state index contributed by atoms with van der Waals surface area (Å²) in [7, 11) is 0. The predicted molar refractivity (Wildman–Crippen MR) is 191 cm³/mol. The minimum absolute atomic E-state index is 0. The van der Waals surface area contributed by atoms with Crippen molar-refractivity contribution in [2.24, 2.45) is 5.92 Å². The molecular weight excluding hydrogens is 767 g/mol. The normalized spacial score (nSPS) is 16.2. The Morgan fingerprint density at radius 2 is 1.56 bits per heavy atom. The topological polar surface area (TPSA) is 43.9 Å². The Balaban J connectivity index is 0.000000137. The molecule has 4 heterocycles. The van der Waals surface area contributed by atoms with E-state index in [-0.39, 0.29) is 20.1 Å². The first kappa shape index (κ1) is 31.0. The SMILES string of the molecule is [Ir].[c-]1ccc2c(oc3ccccc32)c1-c1cc(C2CCCC2)ccn1.[c-]1ccccc1-c1nc2cccc3c2n1CC=C3C1CCCC1. The van der Waals surface area contributed by atoms with Gasteiger partial charge in [-0.1, -0.05) is 84.7 Å². The summed E-state index contributed by atoms with van der Waals surface area (Å²) >= 11 is 0. The van der Waals surface area contributed by atoms with Crippen LogP contribution in [0.15, 0.2) is 108 Å². The van der Waals surface area contributed by atoms with Gasteiger partial charge in [-0.3, -0.25) is 4.98 Å². The molecular formula is C43H37IrN3O-2. The van der Waals surface area contributed by atoms with Gasteiger partial charge in [0.2, 0.25) is 0 Å². The van der Waals surface area contributed by atoms with Gasteiger partial charge in [0.1, 0.15) is 5.58 Å². The minimum Gasteiger partial charge on any atom is -0.501 e. The van der Waals surface area contributed by atoms with Gasteiger partial charge in [-0.15, -0.1) is 54.1 Å². The molecule has 3 aromatic heterocycles. The van der Waals surface area contributed by atoms with Gasteiger partial charge in [-0.25, -0.2) is 0 Å². The van der Waals surface area contributed by atoms with Gasteiger partial charge < -0.3 is 14.0 Å². The molecule has 241 valence electrons. The summed E-state index contributed by atoms with van der Waals surface area (Å²) < 4.78 is 8.49. The summed E-state index contributed by atoms with van der Waals surface area (Å²) in [5, 5.41) is 2.28. The Morgan fingerprint density at radius 1 is 0.750 bits per heavy atom. The second-order valence-electron chi connectivity index (χ2n) is 13.3. The van der Waals surface area contributed by atoms with Crippen LogP contribution in [-0.4, -0.2) is 14.5 Å². The molecule has 48 heavy (non-hydrogen) atoms. The van der Waals surface area contributed by atoms with Gasteiger partial charge in [-0.05, 0) is 67.0 Å². The van der Waals surface area contributed by atoms with E-state index in [0.29, 0.717) is 5.92 Å². The van der Waals surface area contributed by atoms with Crippen molar-refractivity contribution in [3.63, 3.8) is 0 Å². The van der Waals surface area contributed by atoms with Crippen LogP contribution in [0.3, 0.4) is 0 Å². The Hall–Kier alpha value is -4.31. The Morgan fingerprint density at radius 3 is 2.40 bits per heavy atom. The zero-order valence-corrected chi connectivity index (χ0v) is 29.3. The van der Waals surface area contributed by atoms with E-state index < -0.39 is 0 Å². The quantitative estimate of drug-likeness (QED) is 0.167. The van der Waals surface area contributed by atoms with E-state index >= 15 is 0 Å². The Labute approximate surface area is 295 Å². The average molecular weight is 804 g/mol. The molecule has 2 aliphatic carbocycles. The van der Waals surface area contributed by atoms with Crippen LogP contribution in [0.4, 0.5) is 0 Å². The van der Waals surface area contributed by atoms with Gasteiger partial charge in [-0.2, -0.15) is 0 Å². The fourth-order valence-electron chi connectivity index (χ4n) is 8.23. The first-order valence-corrected chi connectivity index (χ1v) is 17.3. The maximum Gasteiger partial charge on any atom is 0.120 e. The molecule has 2 fully saturated rings. The molecule has 4 aromatic carbocycles. The van der Waals surface area contributed by atoms with E-state index in [1.165, 1.54) is 68.0 Å². The van der Waals surface area contributed by atoms with Crippen LogP contribution in [0, 0.1) is 18.1 Å². The molecule has 1 aliphatic heterocycles. The molecule has 0 bridgehead atoms. The largest absolute Gasteiger partial charge is 0.501 e. The van der Waals surface area contributed by atoms with Gasteiger partial charge in [0.15, 0.2) is 0 Å². The molecule has 10 rings (SSSR count). The van der Waals surface area contributed by atoms with Crippen LogP contribution < -0.4 is 0 Å². The molecule has 5 heteroatoms. The number of pyridine rings is 1. The number of benzene rings is 4. The van der Waals surface area contributed by atoms with Gasteiger partial charge >= 0.3 is 0 Å². The molecule has 0 saturated heterocycles. The molecule has 0 unspecified atom stereocenters. The predicted octanol–water partition coefficient (Wildman–Crippen LogP) is 11.2. The number of para-hydroxylation sites is 2. The van der Waals surface area contributed by atoms with Crippen LogP contribution in [0.2, 0.25) is 0 Å². The van der Waals surface area contributed by atoms with E-state index in [9.17, 15) is 0 Å². The number of allylic oxidation sites excluding steroid dienone is 2. The van der Waals surface area contributed by atoms with E-state index in [1.54, 1.807) is 5.57 Å². The van der Waals surface area contributed by atoms with Crippen LogP contribution >= 0.6 is 0 Å².